The molecule has 0 fully saturated rings. The van der Waals surface area contributed by atoms with Crippen molar-refractivity contribution in [2.75, 3.05) is 16.0 Å². The lowest BCUT2D eigenvalue weighted by Gasteiger charge is -2.21. The zero-order valence-electron chi connectivity index (χ0n) is 45.1. The topological polar surface area (TPSA) is 327 Å². The minimum atomic E-state index is -4.70. The van der Waals surface area contributed by atoms with Crippen LogP contribution >= 0.6 is 50.2 Å². The van der Waals surface area contributed by atoms with Gasteiger partial charge in [0.05, 0.1) is 34.9 Å². The van der Waals surface area contributed by atoms with E-state index in [1.165, 1.54) is 36.3 Å². The summed E-state index contributed by atoms with van der Waals surface area (Å²) >= 11 is 11.4. The molecule has 0 saturated carbocycles. The number of nitrogens with two attached hydrogens (primary N) is 1. The molecule has 0 aromatic carbocycles. The van der Waals surface area contributed by atoms with Gasteiger partial charge in [-0.1, -0.05) is 45.2 Å². The van der Waals surface area contributed by atoms with Gasteiger partial charge in [-0.15, -0.1) is 53.3 Å². The fourth-order valence-corrected chi connectivity index (χ4v) is 8.78. The zero-order valence-corrected chi connectivity index (χ0v) is 48.1. The Kier molecular flexibility index (Phi) is 21.0. The van der Waals surface area contributed by atoms with Gasteiger partial charge in [-0.25, -0.2) is 29.0 Å². The maximum atomic E-state index is 12.8. The van der Waals surface area contributed by atoms with Gasteiger partial charge in [0.25, 0.3) is 0 Å². The number of hydrogen-bond donors (Lipinski definition) is 2. The molecule has 0 aliphatic heterocycles. The van der Waals surface area contributed by atoms with Crippen molar-refractivity contribution in [3.05, 3.63) is 199 Å². The van der Waals surface area contributed by atoms with Gasteiger partial charge in [0, 0.05) is 90.8 Å². The molecule has 0 amide bonds. The van der Waals surface area contributed by atoms with Crippen molar-refractivity contribution in [2.24, 2.45) is 0 Å². The Morgan fingerprint density at radius 2 is 1.08 bits per heavy atom. The van der Waals surface area contributed by atoms with Crippen LogP contribution in [-0.2, 0) is 24.2 Å². The first-order valence-electron chi connectivity index (χ1n) is 25.0. The second-order valence-electron chi connectivity index (χ2n) is 16.1. The summed E-state index contributed by atoms with van der Waals surface area (Å²) in [5.41, 5.74) is 5.18. The van der Waals surface area contributed by atoms with E-state index in [0.29, 0.717) is 73.3 Å². The van der Waals surface area contributed by atoms with Crippen molar-refractivity contribution in [1.82, 2.24) is 110 Å². The van der Waals surface area contributed by atoms with Crippen LogP contribution < -0.4 is 16.0 Å². The van der Waals surface area contributed by atoms with Gasteiger partial charge in [0.2, 0.25) is 11.6 Å². The van der Waals surface area contributed by atoms with Crippen molar-refractivity contribution in [2.45, 2.75) is 31.6 Å². The third kappa shape index (κ3) is 18.0. The van der Waals surface area contributed by atoms with Crippen LogP contribution in [-0.4, -0.2) is 110 Å². The molecule has 27 nitrogen and oxygen atoms in total. The molecule has 13 heterocycles. The summed E-state index contributed by atoms with van der Waals surface area (Å²) in [5, 5.41) is 47.1. The molecule has 0 radical (unpaired) electrons. The SMILES string of the molecule is Clc1ccc(-n2cccn2)nn1.FC(F)(F)c1nc(-c2ccc(CBr)s2)no1.FC(F)(F)c1nc(-c2ccc(CN(c3cnccn3)c3ccc(-n4cccn4)nn3)s2)no1.Nc1cnccn1.[2H]C.c1cnn(-c2ccc(Nc3cnccn3)nn2)c1. The minimum absolute atomic E-state index is 0.0375. The molecular weight excluding hydrogens is 1280 g/mol. The number of nitrogens with one attached hydrogen (secondary N) is 1. The Labute approximate surface area is 508 Å². The first-order chi connectivity index (χ1) is 42.6. The molecule has 87 heavy (non-hydrogen) atoms. The van der Waals surface area contributed by atoms with Gasteiger partial charge in [-0.3, -0.25) is 15.0 Å². The summed E-state index contributed by atoms with van der Waals surface area (Å²) in [5.74, 6) is 1.68. The van der Waals surface area contributed by atoms with E-state index in [-0.39, 0.29) is 11.6 Å². The normalized spacial score (nSPS) is 10.9. The molecule has 0 bridgehead atoms. The van der Waals surface area contributed by atoms with E-state index in [9.17, 15) is 26.3 Å². The minimum Gasteiger partial charge on any atom is -0.382 e. The summed E-state index contributed by atoms with van der Waals surface area (Å²) in [4.78, 5) is 35.1. The number of hydrogen-bond acceptors (Lipinski definition) is 26. The molecule has 444 valence electrons. The highest BCUT2D eigenvalue weighted by Crippen LogP contribution is 2.35. The van der Waals surface area contributed by atoms with E-state index in [1.807, 2.05) is 18.2 Å². The molecular formula is C50H39BrClF6N25O2S2. The third-order valence-electron chi connectivity index (χ3n) is 10.2. The lowest BCUT2D eigenvalue weighted by molar-refractivity contribution is -0.160. The first kappa shape index (κ1) is 61.1. The highest BCUT2D eigenvalue weighted by atomic mass is 79.9. The average Bonchev–Trinajstić information content (AvgIpc) is 3.86. The molecule has 0 aliphatic rings. The number of nitrogen functional groups attached to an aromatic ring is 1. The third-order valence-corrected chi connectivity index (χ3v) is 13.5. The van der Waals surface area contributed by atoms with Crippen molar-refractivity contribution >= 4 is 79.3 Å². The monoisotopic (exact) mass is 1310 g/mol. The van der Waals surface area contributed by atoms with E-state index < -0.39 is 24.1 Å². The molecule has 0 spiro atoms. The van der Waals surface area contributed by atoms with E-state index in [0.717, 1.165) is 9.75 Å². The Bertz CT molecular complexity index is 4070. The molecule has 13 aromatic rings. The number of alkyl halides is 7. The molecule has 13 rings (SSSR count). The fourth-order valence-electron chi connectivity index (χ4n) is 6.44. The van der Waals surface area contributed by atoms with Crippen molar-refractivity contribution in [3.8, 4) is 38.9 Å². The quantitative estimate of drug-likeness (QED) is 0.0847. The Morgan fingerprint density at radius 3 is 1.48 bits per heavy atom. The average molecular weight is 1320 g/mol. The number of anilines is 5. The molecule has 0 aliphatic carbocycles. The Hall–Kier alpha value is -10.5. The maximum absolute atomic E-state index is 12.8. The van der Waals surface area contributed by atoms with E-state index in [1.54, 1.807) is 166 Å². The van der Waals surface area contributed by atoms with Crippen LogP contribution in [0.2, 0.25) is 5.15 Å². The smallest absolute Gasteiger partial charge is 0.382 e. The van der Waals surface area contributed by atoms with Gasteiger partial charge in [-0.05, 0) is 78.9 Å². The molecule has 0 unspecified atom stereocenters. The van der Waals surface area contributed by atoms with Crippen molar-refractivity contribution in [3.63, 3.8) is 0 Å². The van der Waals surface area contributed by atoms with Crippen LogP contribution in [0.3, 0.4) is 0 Å². The molecule has 13 aromatic heterocycles. The highest BCUT2D eigenvalue weighted by Gasteiger charge is 2.39. The first-order valence-corrected chi connectivity index (χ1v) is 27.1. The summed E-state index contributed by atoms with van der Waals surface area (Å²) in [6.45, 7) is 0.309. The lowest BCUT2D eigenvalue weighted by atomic mass is 10.3. The maximum Gasteiger partial charge on any atom is 0.471 e. The van der Waals surface area contributed by atoms with Gasteiger partial charge in [-0.2, -0.15) is 51.6 Å². The van der Waals surface area contributed by atoms with Crippen LogP contribution in [0.4, 0.5) is 55.4 Å². The second kappa shape index (κ2) is 29.9. The highest BCUT2D eigenvalue weighted by molar-refractivity contribution is 9.08. The van der Waals surface area contributed by atoms with Crippen LogP contribution in [0.25, 0.3) is 38.9 Å². The van der Waals surface area contributed by atoms with Crippen molar-refractivity contribution < 1.29 is 36.8 Å². The standard InChI is InChI=1S/C19H12F3N9OS.C11H9N7.C8H4BrF3N2OS.C7H5ClN4.C4H5N3.CH4/c20-19(21,22)18-26-17(29-32-18)13-3-2-12(33-13)11-30(16-10-23-7-8-24-16)14-4-5-15(28-27-14)31-9-1-6-25-31;1-4-14-18(7-1)11-3-2-9(16-17-11)15-10-8-12-5-6-13-10;9-3-4-1-2-5(16-4)6-13-7(15-14-6)8(10,11)12;8-6-2-3-7(11-10-6)12-5-1-4-9-12;5-4-3-6-1-2-7-4;/h1-10H,11H2;1-8H,(H,13,15,16);1-2H,3H2;1-5H;1-3H,(H2,5,7);1H4/i;;;;;1D. The predicted molar refractivity (Wildman–Crippen MR) is 307 cm³/mol. The van der Waals surface area contributed by atoms with E-state index in [2.05, 4.69) is 126 Å². The van der Waals surface area contributed by atoms with Crippen LogP contribution in [0.5, 0.6) is 0 Å². The molecule has 37 heteroatoms. The zero-order chi connectivity index (χ0) is 62.3. The molecule has 3 N–H and O–H groups in total. The van der Waals surface area contributed by atoms with Crippen LogP contribution in [0, 0.1) is 0 Å². The number of thiophene rings is 2. The van der Waals surface area contributed by atoms with Crippen LogP contribution in [0.15, 0.2) is 181 Å². The van der Waals surface area contributed by atoms with E-state index in [4.69, 9.17) is 18.7 Å². The summed E-state index contributed by atoms with van der Waals surface area (Å²) < 4.78 is 93.9. The van der Waals surface area contributed by atoms with Gasteiger partial charge < -0.3 is 25.0 Å². The summed E-state index contributed by atoms with van der Waals surface area (Å²) in [6, 6.07) is 22.8. The molecule has 0 atom stereocenters. The number of halogens is 8. The number of nitrogens with zero attached hydrogens (tertiary/aromatic N) is 23. The summed E-state index contributed by atoms with van der Waals surface area (Å²) in [7, 11) is 1.25. The number of aromatic nitrogens is 22. The van der Waals surface area contributed by atoms with Crippen molar-refractivity contribution in [1.29, 1.82) is 0 Å². The Balaban J connectivity index is 0.000000154. The fraction of sp³-hybridized carbons (Fsp3) is 0.100. The van der Waals surface area contributed by atoms with Gasteiger partial charge in [0.1, 0.15) is 11.6 Å². The lowest BCUT2D eigenvalue weighted by Crippen LogP contribution is -2.19. The van der Waals surface area contributed by atoms with Gasteiger partial charge in [0.15, 0.2) is 40.1 Å². The summed E-state index contributed by atoms with van der Waals surface area (Å²) in [6.07, 6.45) is 15.2. The molecule has 0 saturated heterocycles. The van der Waals surface area contributed by atoms with Crippen LogP contribution in [0.1, 0.15) is 30.3 Å². The second-order valence-corrected chi connectivity index (χ2v) is 19.4. The Morgan fingerprint density at radius 1 is 0.563 bits per heavy atom. The predicted octanol–water partition coefficient (Wildman–Crippen LogP) is 10.8. The van der Waals surface area contributed by atoms with Gasteiger partial charge >= 0.3 is 24.1 Å². The van der Waals surface area contributed by atoms with E-state index >= 15 is 0 Å². The number of rotatable bonds is 12. The largest absolute Gasteiger partial charge is 0.471 e.